The predicted octanol–water partition coefficient (Wildman–Crippen LogP) is 4.77. The fourth-order valence-electron chi connectivity index (χ4n) is 3.00. The summed E-state index contributed by atoms with van der Waals surface area (Å²) in [6.07, 6.45) is 2.55. The molecule has 0 saturated heterocycles. The van der Waals surface area contributed by atoms with Crippen LogP contribution in [0.25, 0.3) is 11.3 Å². The van der Waals surface area contributed by atoms with Gasteiger partial charge in [-0.1, -0.05) is 54.1 Å². The van der Waals surface area contributed by atoms with Crippen LogP contribution in [0, 0.1) is 13.8 Å². The number of amides is 1. The number of benzene rings is 2. The van der Waals surface area contributed by atoms with Gasteiger partial charge in [-0.2, -0.15) is 0 Å². The number of nitrogens with zero attached hydrogens (tertiary/aromatic N) is 1. The molecule has 134 valence electrons. The van der Waals surface area contributed by atoms with Crippen LogP contribution in [-0.4, -0.2) is 10.9 Å². The number of carbonyl (C=O) groups excluding carboxylic acids is 1. The molecule has 26 heavy (non-hydrogen) atoms. The molecule has 0 aliphatic rings. The standard InChI is InChI=1S/C22H24N2O2/c1-15-9-10-16(2)19(13-15)17(3)24-21(25)11-12-22-23-14-20(26-22)18-7-5-4-6-8-18/h4-10,13-14,17H,11-12H2,1-3H3,(H,24,25)/t17-/m1/s1. The van der Waals surface area contributed by atoms with Crippen molar-refractivity contribution in [3.63, 3.8) is 0 Å². The minimum atomic E-state index is -0.0214. The highest BCUT2D eigenvalue weighted by Crippen LogP contribution is 2.21. The molecule has 0 aliphatic heterocycles. The normalized spacial score (nSPS) is 12.0. The fourth-order valence-corrected chi connectivity index (χ4v) is 3.00. The van der Waals surface area contributed by atoms with Gasteiger partial charge in [0, 0.05) is 18.4 Å². The number of nitrogens with one attached hydrogen (secondary N) is 1. The van der Waals surface area contributed by atoms with Crippen LogP contribution >= 0.6 is 0 Å². The number of rotatable bonds is 6. The van der Waals surface area contributed by atoms with Crippen molar-refractivity contribution in [3.05, 3.63) is 77.3 Å². The van der Waals surface area contributed by atoms with Crippen molar-refractivity contribution in [1.82, 2.24) is 10.3 Å². The first-order valence-electron chi connectivity index (χ1n) is 8.89. The zero-order valence-electron chi connectivity index (χ0n) is 15.5. The lowest BCUT2D eigenvalue weighted by molar-refractivity contribution is -0.121. The monoisotopic (exact) mass is 348 g/mol. The maximum Gasteiger partial charge on any atom is 0.220 e. The minimum Gasteiger partial charge on any atom is -0.441 e. The SMILES string of the molecule is Cc1ccc(C)c([C@@H](C)NC(=O)CCc2ncc(-c3ccccc3)o2)c1. The lowest BCUT2D eigenvalue weighted by atomic mass is 10.00. The van der Waals surface area contributed by atoms with E-state index in [-0.39, 0.29) is 11.9 Å². The molecule has 1 amide bonds. The van der Waals surface area contributed by atoms with Crippen molar-refractivity contribution in [2.24, 2.45) is 0 Å². The smallest absolute Gasteiger partial charge is 0.220 e. The third-order valence-electron chi connectivity index (χ3n) is 4.46. The number of aromatic nitrogens is 1. The van der Waals surface area contributed by atoms with Crippen molar-refractivity contribution in [2.45, 2.75) is 39.7 Å². The summed E-state index contributed by atoms with van der Waals surface area (Å²) in [5.41, 5.74) is 4.52. The van der Waals surface area contributed by atoms with Gasteiger partial charge in [-0.3, -0.25) is 4.79 Å². The summed E-state index contributed by atoms with van der Waals surface area (Å²) in [5.74, 6) is 1.31. The first-order valence-corrected chi connectivity index (χ1v) is 8.89. The minimum absolute atomic E-state index is 0.00197. The van der Waals surface area contributed by atoms with E-state index in [4.69, 9.17) is 4.42 Å². The second-order valence-corrected chi connectivity index (χ2v) is 6.63. The van der Waals surface area contributed by atoms with E-state index in [1.807, 2.05) is 37.3 Å². The number of aryl methyl sites for hydroxylation is 3. The topological polar surface area (TPSA) is 55.1 Å². The average molecular weight is 348 g/mol. The molecule has 1 heterocycles. The molecule has 0 bridgehead atoms. The molecule has 0 unspecified atom stereocenters. The van der Waals surface area contributed by atoms with E-state index in [0.29, 0.717) is 18.7 Å². The summed E-state index contributed by atoms with van der Waals surface area (Å²) in [6, 6.07) is 16.1. The highest BCUT2D eigenvalue weighted by Gasteiger charge is 2.13. The van der Waals surface area contributed by atoms with Gasteiger partial charge in [0.05, 0.1) is 12.2 Å². The van der Waals surface area contributed by atoms with Gasteiger partial charge in [-0.15, -0.1) is 0 Å². The number of carbonyl (C=O) groups is 1. The second-order valence-electron chi connectivity index (χ2n) is 6.63. The second kappa shape index (κ2) is 8.00. The van der Waals surface area contributed by atoms with E-state index in [9.17, 15) is 4.79 Å². The fraction of sp³-hybridized carbons (Fsp3) is 0.273. The molecule has 3 aromatic rings. The van der Waals surface area contributed by atoms with Gasteiger partial charge in [0.2, 0.25) is 5.91 Å². The molecule has 0 fully saturated rings. The van der Waals surface area contributed by atoms with Crippen LogP contribution in [0.2, 0.25) is 0 Å². The van der Waals surface area contributed by atoms with E-state index >= 15 is 0 Å². The molecule has 1 aromatic heterocycles. The molecule has 0 spiro atoms. The molecule has 3 rings (SSSR count). The molecule has 0 aliphatic carbocycles. The largest absolute Gasteiger partial charge is 0.441 e. The lowest BCUT2D eigenvalue weighted by Gasteiger charge is -2.17. The molecule has 2 aromatic carbocycles. The van der Waals surface area contributed by atoms with Gasteiger partial charge in [0.25, 0.3) is 0 Å². The van der Waals surface area contributed by atoms with E-state index in [1.165, 1.54) is 11.1 Å². The van der Waals surface area contributed by atoms with Crippen LogP contribution < -0.4 is 5.32 Å². The third kappa shape index (κ3) is 4.39. The Bertz CT molecular complexity index is 884. The zero-order chi connectivity index (χ0) is 18.5. The summed E-state index contributed by atoms with van der Waals surface area (Å²) < 4.78 is 5.75. The van der Waals surface area contributed by atoms with Crippen LogP contribution in [0.15, 0.2) is 59.1 Å². The lowest BCUT2D eigenvalue weighted by Crippen LogP contribution is -2.27. The van der Waals surface area contributed by atoms with E-state index in [2.05, 4.69) is 42.3 Å². The van der Waals surface area contributed by atoms with Gasteiger partial charge >= 0.3 is 0 Å². The van der Waals surface area contributed by atoms with Gasteiger partial charge in [0.1, 0.15) is 0 Å². The van der Waals surface area contributed by atoms with Crippen molar-refractivity contribution in [3.8, 4) is 11.3 Å². The summed E-state index contributed by atoms with van der Waals surface area (Å²) in [6.45, 7) is 6.14. The zero-order valence-corrected chi connectivity index (χ0v) is 15.5. The Kier molecular flexibility index (Phi) is 5.52. The molecule has 0 saturated carbocycles. The summed E-state index contributed by atoms with van der Waals surface area (Å²) in [5, 5.41) is 3.06. The predicted molar refractivity (Wildman–Crippen MR) is 103 cm³/mol. The van der Waals surface area contributed by atoms with E-state index in [0.717, 1.165) is 16.9 Å². The third-order valence-corrected chi connectivity index (χ3v) is 4.46. The first kappa shape index (κ1) is 17.9. The van der Waals surface area contributed by atoms with Crippen LogP contribution in [-0.2, 0) is 11.2 Å². The van der Waals surface area contributed by atoms with Gasteiger partial charge in [-0.25, -0.2) is 4.98 Å². The van der Waals surface area contributed by atoms with Crippen LogP contribution in [0.4, 0.5) is 0 Å². The van der Waals surface area contributed by atoms with Crippen LogP contribution in [0.5, 0.6) is 0 Å². The Morgan fingerprint density at radius 2 is 1.92 bits per heavy atom. The number of hydrogen-bond acceptors (Lipinski definition) is 3. The molecule has 0 radical (unpaired) electrons. The van der Waals surface area contributed by atoms with E-state index in [1.54, 1.807) is 6.20 Å². The Hall–Kier alpha value is -2.88. The Morgan fingerprint density at radius 1 is 1.15 bits per heavy atom. The highest BCUT2D eigenvalue weighted by molar-refractivity contribution is 5.76. The highest BCUT2D eigenvalue weighted by atomic mass is 16.4. The van der Waals surface area contributed by atoms with Gasteiger partial charge in [-0.05, 0) is 31.9 Å². The van der Waals surface area contributed by atoms with Crippen molar-refractivity contribution in [2.75, 3.05) is 0 Å². The quantitative estimate of drug-likeness (QED) is 0.698. The maximum absolute atomic E-state index is 12.3. The Morgan fingerprint density at radius 3 is 2.69 bits per heavy atom. The molecular weight excluding hydrogens is 324 g/mol. The average Bonchev–Trinajstić information content (AvgIpc) is 3.12. The first-order chi connectivity index (χ1) is 12.5. The Balaban J connectivity index is 1.56. The van der Waals surface area contributed by atoms with Crippen LogP contribution in [0.3, 0.4) is 0 Å². The van der Waals surface area contributed by atoms with Gasteiger partial charge in [0.15, 0.2) is 11.7 Å². The van der Waals surface area contributed by atoms with Crippen molar-refractivity contribution in [1.29, 1.82) is 0 Å². The van der Waals surface area contributed by atoms with E-state index < -0.39 is 0 Å². The molecule has 4 heteroatoms. The van der Waals surface area contributed by atoms with Crippen LogP contribution in [0.1, 0.15) is 42.0 Å². The molecule has 1 atom stereocenters. The van der Waals surface area contributed by atoms with Gasteiger partial charge < -0.3 is 9.73 Å². The maximum atomic E-state index is 12.3. The molecular formula is C22H24N2O2. The summed E-state index contributed by atoms with van der Waals surface area (Å²) in [7, 11) is 0. The van der Waals surface area contributed by atoms with Crippen molar-refractivity contribution >= 4 is 5.91 Å². The number of oxazole rings is 1. The molecule has 1 N–H and O–H groups in total. The number of hydrogen-bond donors (Lipinski definition) is 1. The van der Waals surface area contributed by atoms with Crippen molar-refractivity contribution < 1.29 is 9.21 Å². The Labute approximate surface area is 154 Å². The summed E-state index contributed by atoms with van der Waals surface area (Å²) in [4.78, 5) is 16.6. The molecule has 4 nitrogen and oxygen atoms in total. The summed E-state index contributed by atoms with van der Waals surface area (Å²) >= 11 is 0.